The number of rotatable bonds is 6. The molecule has 0 aliphatic heterocycles. The summed E-state index contributed by atoms with van der Waals surface area (Å²) >= 11 is 0. The molecule has 0 saturated heterocycles. The maximum absolute atomic E-state index is 9.64. The largest absolute Gasteiger partial charge is 0.396 e. The van der Waals surface area contributed by atoms with Gasteiger partial charge in [-0.1, -0.05) is 6.92 Å². The maximum atomic E-state index is 9.64. The Hall–Kier alpha value is -0.160. The molecule has 6 N–H and O–H groups in total. The fraction of sp³-hybridized carbons (Fsp3) is 1.00. The van der Waals surface area contributed by atoms with Crippen LogP contribution in [-0.4, -0.2) is 36.0 Å². The van der Waals surface area contributed by atoms with E-state index in [0.717, 1.165) is 0 Å². The number of aliphatic hydroxyl groups is 2. The van der Waals surface area contributed by atoms with E-state index in [0.29, 0.717) is 19.5 Å². The minimum atomic E-state index is -0.493. The van der Waals surface area contributed by atoms with Crippen LogP contribution in [0.4, 0.5) is 0 Å². The Morgan fingerprint density at radius 2 is 1.83 bits per heavy atom. The number of hydrogen-bond acceptors (Lipinski definition) is 4. The van der Waals surface area contributed by atoms with E-state index in [-0.39, 0.29) is 18.4 Å². The molecule has 0 aliphatic carbocycles. The molecule has 0 aliphatic rings. The van der Waals surface area contributed by atoms with Crippen molar-refractivity contribution >= 4 is 0 Å². The third-order valence-corrected chi connectivity index (χ3v) is 2.24. The van der Waals surface area contributed by atoms with Crippen LogP contribution in [0.15, 0.2) is 0 Å². The molecule has 0 saturated carbocycles. The molecule has 3 atom stereocenters. The summed E-state index contributed by atoms with van der Waals surface area (Å²) in [5, 5.41) is 18.3. The Bertz CT molecular complexity index is 111. The van der Waals surface area contributed by atoms with Crippen LogP contribution in [0.25, 0.3) is 0 Å². The summed E-state index contributed by atoms with van der Waals surface area (Å²) < 4.78 is 0. The molecule has 0 rings (SSSR count). The molecule has 0 aromatic heterocycles. The Kier molecular flexibility index (Phi) is 6.28. The molecule has 0 amide bonds. The van der Waals surface area contributed by atoms with Gasteiger partial charge in [0.05, 0.1) is 6.10 Å². The molecule has 0 aromatic carbocycles. The number of nitrogens with two attached hydrogens (primary N) is 2. The van der Waals surface area contributed by atoms with Crippen molar-refractivity contribution in [2.24, 2.45) is 23.3 Å². The lowest BCUT2D eigenvalue weighted by Crippen LogP contribution is -2.36. The Labute approximate surface area is 73.6 Å². The second kappa shape index (κ2) is 6.37. The first-order valence-electron chi connectivity index (χ1n) is 4.36. The van der Waals surface area contributed by atoms with Gasteiger partial charge in [0.25, 0.3) is 0 Å². The zero-order valence-corrected chi connectivity index (χ0v) is 7.61. The lowest BCUT2D eigenvalue weighted by molar-refractivity contribution is 0.0516. The molecule has 0 heterocycles. The molecule has 4 nitrogen and oxygen atoms in total. The van der Waals surface area contributed by atoms with Crippen LogP contribution in [0.1, 0.15) is 13.3 Å². The van der Waals surface area contributed by atoms with Gasteiger partial charge in [0.1, 0.15) is 0 Å². The second-order valence-corrected chi connectivity index (χ2v) is 3.21. The lowest BCUT2D eigenvalue weighted by Gasteiger charge is -2.25. The summed E-state index contributed by atoms with van der Waals surface area (Å²) in [6, 6.07) is 0. The van der Waals surface area contributed by atoms with Crippen molar-refractivity contribution in [3.63, 3.8) is 0 Å². The SMILES string of the molecule is CC(CN)C(O)C(CN)CCO. The van der Waals surface area contributed by atoms with Gasteiger partial charge in [-0.05, 0) is 31.3 Å². The molecular weight excluding hydrogens is 156 g/mol. The van der Waals surface area contributed by atoms with Crippen molar-refractivity contribution in [2.45, 2.75) is 19.4 Å². The van der Waals surface area contributed by atoms with Crippen LogP contribution in [0, 0.1) is 11.8 Å². The van der Waals surface area contributed by atoms with E-state index >= 15 is 0 Å². The van der Waals surface area contributed by atoms with E-state index < -0.39 is 6.10 Å². The lowest BCUT2D eigenvalue weighted by atomic mass is 9.90. The van der Waals surface area contributed by atoms with E-state index in [1.807, 2.05) is 6.92 Å². The summed E-state index contributed by atoms with van der Waals surface area (Å²) in [5.74, 6) is 0.0126. The fourth-order valence-corrected chi connectivity index (χ4v) is 1.20. The molecule has 4 heteroatoms. The van der Waals surface area contributed by atoms with Crippen molar-refractivity contribution in [1.82, 2.24) is 0 Å². The molecule has 12 heavy (non-hydrogen) atoms. The quantitative estimate of drug-likeness (QED) is 0.413. The Morgan fingerprint density at radius 1 is 1.25 bits per heavy atom. The first kappa shape index (κ1) is 11.8. The van der Waals surface area contributed by atoms with E-state index in [9.17, 15) is 5.11 Å². The highest BCUT2D eigenvalue weighted by molar-refractivity contribution is 4.74. The zero-order valence-electron chi connectivity index (χ0n) is 7.61. The average molecular weight is 176 g/mol. The van der Waals surface area contributed by atoms with Gasteiger partial charge in [0.15, 0.2) is 0 Å². The van der Waals surface area contributed by atoms with Gasteiger partial charge in [0, 0.05) is 6.61 Å². The van der Waals surface area contributed by atoms with Crippen molar-refractivity contribution in [1.29, 1.82) is 0 Å². The summed E-state index contributed by atoms with van der Waals surface area (Å²) in [4.78, 5) is 0. The molecule has 3 unspecified atom stereocenters. The minimum Gasteiger partial charge on any atom is -0.396 e. The Balaban J connectivity index is 3.91. The topological polar surface area (TPSA) is 92.5 Å². The highest BCUT2D eigenvalue weighted by Gasteiger charge is 2.21. The van der Waals surface area contributed by atoms with Crippen molar-refractivity contribution < 1.29 is 10.2 Å². The molecular formula is C8H20N2O2. The maximum Gasteiger partial charge on any atom is 0.0618 e. The molecule has 0 spiro atoms. The fourth-order valence-electron chi connectivity index (χ4n) is 1.20. The third-order valence-electron chi connectivity index (χ3n) is 2.24. The second-order valence-electron chi connectivity index (χ2n) is 3.21. The van der Waals surface area contributed by atoms with Crippen LogP contribution in [0.5, 0.6) is 0 Å². The minimum absolute atomic E-state index is 0.0338. The normalized spacial score (nSPS) is 18.8. The number of hydrogen-bond donors (Lipinski definition) is 4. The van der Waals surface area contributed by atoms with Crippen LogP contribution in [-0.2, 0) is 0 Å². The third kappa shape index (κ3) is 3.49. The van der Waals surface area contributed by atoms with Gasteiger partial charge in [-0.3, -0.25) is 0 Å². The average Bonchev–Trinajstić information content (AvgIpc) is 2.11. The van der Waals surface area contributed by atoms with Gasteiger partial charge in [0.2, 0.25) is 0 Å². The van der Waals surface area contributed by atoms with Crippen LogP contribution in [0.2, 0.25) is 0 Å². The molecule has 0 radical (unpaired) electrons. The molecule has 0 fully saturated rings. The van der Waals surface area contributed by atoms with Gasteiger partial charge >= 0.3 is 0 Å². The Morgan fingerprint density at radius 3 is 2.17 bits per heavy atom. The summed E-state index contributed by atoms with van der Waals surface area (Å²) in [6.07, 6.45) is 0.0503. The first-order chi connectivity index (χ1) is 5.67. The van der Waals surface area contributed by atoms with Gasteiger partial charge in [-0.25, -0.2) is 0 Å². The summed E-state index contributed by atoms with van der Waals surface area (Å²) in [7, 11) is 0. The van der Waals surface area contributed by atoms with Gasteiger partial charge < -0.3 is 21.7 Å². The monoisotopic (exact) mass is 176 g/mol. The highest BCUT2D eigenvalue weighted by atomic mass is 16.3. The van der Waals surface area contributed by atoms with E-state index in [4.69, 9.17) is 16.6 Å². The summed E-state index contributed by atoms with van der Waals surface area (Å²) in [6.45, 7) is 2.79. The predicted molar refractivity (Wildman–Crippen MR) is 48.5 cm³/mol. The van der Waals surface area contributed by atoms with Crippen molar-refractivity contribution in [2.75, 3.05) is 19.7 Å². The van der Waals surface area contributed by atoms with Crippen LogP contribution in [0.3, 0.4) is 0 Å². The predicted octanol–water partition coefficient (Wildman–Crippen LogP) is -1.10. The van der Waals surface area contributed by atoms with Gasteiger partial charge in [-0.2, -0.15) is 0 Å². The van der Waals surface area contributed by atoms with E-state index in [1.54, 1.807) is 0 Å². The summed E-state index contributed by atoms with van der Waals surface area (Å²) in [5.41, 5.74) is 10.8. The molecule has 0 aromatic rings. The van der Waals surface area contributed by atoms with E-state index in [1.165, 1.54) is 0 Å². The highest BCUT2D eigenvalue weighted by Crippen LogP contribution is 2.14. The zero-order chi connectivity index (χ0) is 9.56. The molecule has 0 bridgehead atoms. The van der Waals surface area contributed by atoms with Crippen molar-refractivity contribution in [3.8, 4) is 0 Å². The van der Waals surface area contributed by atoms with Crippen molar-refractivity contribution in [3.05, 3.63) is 0 Å². The number of aliphatic hydroxyl groups excluding tert-OH is 2. The van der Waals surface area contributed by atoms with E-state index in [2.05, 4.69) is 0 Å². The van der Waals surface area contributed by atoms with Crippen LogP contribution < -0.4 is 11.5 Å². The van der Waals surface area contributed by atoms with Crippen LogP contribution >= 0.6 is 0 Å². The first-order valence-corrected chi connectivity index (χ1v) is 4.36. The smallest absolute Gasteiger partial charge is 0.0618 e. The van der Waals surface area contributed by atoms with Gasteiger partial charge in [-0.15, -0.1) is 0 Å². The standard InChI is InChI=1S/C8H20N2O2/c1-6(4-9)8(12)7(5-10)2-3-11/h6-8,11-12H,2-5,9-10H2,1H3. The molecule has 74 valence electrons.